The van der Waals surface area contributed by atoms with Crippen LogP contribution < -0.4 is 0 Å². The largest absolute Gasteiger partial charge is 0.385 e. The lowest BCUT2D eigenvalue weighted by Crippen LogP contribution is -2.67. The second-order valence-corrected chi connectivity index (χ2v) is 5.05. The molecule has 1 aromatic carbocycles. The highest BCUT2D eigenvalue weighted by molar-refractivity contribution is 5.47. The lowest BCUT2D eigenvalue weighted by molar-refractivity contribution is -0.415. The van der Waals surface area contributed by atoms with E-state index in [1.54, 1.807) is 0 Å². The van der Waals surface area contributed by atoms with E-state index >= 15 is 0 Å². The molecular weight excluding hydrogens is 396 g/mol. The van der Waals surface area contributed by atoms with Gasteiger partial charge in [0.25, 0.3) is 0 Å². The molecule has 0 N–H and O–H groups in total. The summed E-state index contributed by atoms with van der Waals surface area (Å²) in [5.41, 5.74) is -1.88. The van der Waals surface area contributed by atoms with Crippen LogP contribution in [0.2, 0.25) is 0 Å². The molecule has 0 saturated carbocycles. The number of rotatable bonds is 7. The van der Waals surface area contributed by atoms with Crippen molar-refractivity contribution in [2.24, 2.45) is 0 Å². The molecule has 0 aliphatic heterocycles. The van der Waals surface area contributed by atoms with E-state index in [1.807, 2.05) is 0 Å². The van der Waals surface area contributed by atoms with Crippen LogP contribution in [0.25, 0.3) is 6.08 Å². The fraction of sp³-hybridized carbons (Fsp3) is 0.429. The summed E-state index contributed by atoms with van der Waals surface area (Å²) in [7, 11) is 0. The third-order valence-electron chi connectivity index (χ3n) is 3.38. The van der Waals surface area contributed by atoms with Crippen molar-refractivity contribution in [1.29, 1.82) is 0 Å². The predicted octanol–water partition coefficient (Wildman–Crippen LogP) is 6.23. The first-order valence-corrected chi connectivity index (χ1v) is 6.38. The predicted molar refractivity (Wildman–Crippen MR) is 66.2 cm³/mol. The minimum atomic E-state index is -7.53. The van der Waals surface area contributed by atoms with Gasteiger partial charge in [-0.15, -0.1) is 0 Å². The number of hydrogen-bond donors (Lipinski definition) is 0. The zero-order valence-electron chi connectivity index (χ0n) is 12.2. The number of halogens is 12. The summed E-state index contributed by atoms with van der Waals surface area (Å²) >= 11 is 0. The lowest BCUT2D eigenvalue weighted by atomic mass is 9.90. The van der Waals surface area contributed by atoms with E-state index < -0.39 is 41.6 Å². The standard InChI is InChI=1S/C14H8F12/c1-2-7-3-5-8(6-4-7)10(17,18)12(21,22)14(25,26)13(23,24)11(19,20)9(15)16/h2-6,9H,1H2. The van der Waals surface area contributed by atoms with E-state index in [1.165, 1.54) is 0 Å². The molecular formula is C14H8F12. The van der Waals surface area contributed by atoms with Gasteiger partial charge in [-0.05, 0) is 5.56 Å². The number of alkyl halides is 12. The van der Waals surface area contributed by atoms with Gasteiger partial charge in [0, 0.05) is 5.56 Å². The Bertz CT molecular complexity index is 644. The molecule has 12 heteroatoms. The quantitative estimate of drug-likeness (QED) is 0.473. The minimum absolute atomic E-state index is 0.0502. The molecule has 0 amide bonds. The first-order chi connectivity index (χ1) is 11.5. The molecule has 0 heterocycles. The maximum Gasteiger partial charge on any atom is 0.385 e. The Morgan fingerprint density at radius 1 is 0.692 bits per heavy atom. The third kappa shape index (κ3) is 2.92. The van der Waals surface area contributed by atoms with E-state index in [9.17, 15) is 52.7 Å². The monoisotopic (exact) mass is 404 g/mol. The number of hydrogen-bond acceptors (Lipinski definition) is 0. The molecule has 0 fully saturated rings. The maximum atomic E-state index is 13.8. The molecule has 26 heavy (non-hydrogen) atoms. The van der Waals surface area contributed by atoms with Crippen LogP contribution in [0.3, 0.4) is 0 Å². The smallest absolute Gasteiger partial charge is 0.203 e. The van der Waals surface area contributed by atoms with Gasteiger partial charge in [0.2, 0.25) is 0 Å². The van der Waals surface area contributed by atoms with Crippen LogP contribution in [0.1, 0.15) is 11.1 Å². The molecule has 1 aromatic rings. The highest BCUT2D eigenvalue weighted by Crippen LogP contribution is 2.60. The van der Waals surface area contributed by atoms with Crippen LogP contribution in [0.4, 0.5) is 52.7 Å². The van der Waals surface area contributed by atoms with Gasteiger partial charge in [0.15, 0.2) is 0 Å². The normalized spacial score (nSPS) is 14.7. The number of benzene rings is 1. The third-order valence-corrected chi connectivity index (χ3v) is 3.38. The Balaban J connectivity index is 3.50. The van der Waals surface area contributed by atoms with E-state index in [-0.39, 0.29) is 17.7 Å². The van der Waals surface area contributed by atoms with Crippen LogP contribution in [-0.2, 0) is 5.92 Å². The van der Waals surface area contributed by atoms with Crippen molar-refractivity contribution in [2.75, 3.05) is 0 Å². The molecule has 0 aromatic heterocycles. The van der Waals surface area contributed by atoms with Gasteiger partial charge in [0.1, 0.15) is 0 Å². The van der Waals surface area contributed by atoms with Gasteiger partial charge >= 0.3 is 36.0 Å². The van der Waals surface area contributed by atoms with Gasteiger partial charge in [-0.25, -0.2) is 8.78 Å². The summed E-state index contributed by atoms with van der Waals surface area (Å²) in [6.07, 6.45) is -4.48. The van der Waals surface area contributed by atoms with Crippen LogP contribution >= 0.6 is 0 Å². The molecule has 148 valence electrons. The van der Waals surface area contributed by atoms with E-state index in [2.05, 4.69) is 6.58 Å². The van der Waals surface area contributed by atoms with Gasteiger partial charge in [-0.1, -0.05) is 36.9 Å². The van der Waals surface area contributed by atoms with Crippen molar-refractivity contribution in [3.05, 3.63) is 42.0 Å². The summed E-state index contributed by atoms with van der Waals surface area (Å²) in [5, 5.41) is 0. The van der Waals surface area contributed by atoms with E-state index in [0.717, 1.165) is 6.08 Å². The summed E-state index contributed by atoms with van der Waals surface area (Å²) in [6.45, 7) is 3.18. The van der Waals surface area contributed by atoms with Gasteiger partial charge < -0.3 is 0 Å². The SMILES string of the molecule is C=Cc1ccc(C(F)(F)C(F)(F)C(F)(F)C(F)(F)C(F)(F)C(F)F)cc1. The van der Waals surface area contributed by atoms with Crippen molar-refractivity contribution >= 4 is 6.08 Å². The van der Waals surface area contributed by atoms with E-state index in [0.29, 0.717) is 12.1 Å². The minimum Gasteiger partial charge on any atom is -0.203 e. The van der Waals surface area contributed by atoms with Crippen LogP contribution in [0.5, 0.6) is 0 Å². The first kappa shape index (κ1) is 22.2. The molecule has 0 bridgehead atoms. The Labute approximate surface area is 138 Å². The summed E-state index contributed by atoms with van der Waals surface area (Å²) in [6, 6.07) is 1.64. The zero-order valence-corrected chi connectivity index (χ0v) is 12.2. The fourth-order valence-corrected chi connectivity index (χ4v) is 1.75. The molecule has 0 radical (unpaired) electrons. The second-order valence-electron chi connectivity index (χ2n) is 5.05. The van der Waals surface area contributed by atoms with E-state index in [4.69, 9.17) is 0 Å². The van der Waals surface area contributed by atoms with Gasteiger partial charge in [0.05, 0.1) is 0 Å². The topological polar surface area (TPSA) is 0 Å². The summed E-state index contributed by atoms with van der Waals surface area (Å²) in [5.74, 6) is -35.2. The molecule has 0 spiro atoms. The van der Waals surface area contributed by atoms with Gasteiger partial charge in [-0.3, -0.25) is 0 Å². The zero-order chi connectivity index (χ0) is 20.8. The molecule has 0 atom stereocenters. The average Bonchev–Trinajstić information content (AvgIpc) is 2.53. The van der Waals surface area contributed by atoms with Crippen molar-refractivity contribution in [1.82, 2.24) is 0 Å². The van der Waals surface area contributed by atoms with Crippen molar-refractivity contribution in [2.45, 2.75) is 36.0 Å². The summed E-state index contributed by atoms with van der Waals surface area (Å²) in [4.78, 5) is 0. The highest BCUT2D eigenvalue weighted by atomic mass is 19.4. The molecule has 1 rings (SSSR count). The van der Waals surface area contributed by atoms with Crippen molar-refractivity contribution in [3.8, 4) is 0 Å². The summed E-state index contributed by atoms with van der Waals surface area (Å²) < 4.78 is 157. The maximum absolute atomic E-state index is 13.8. The Kier molecular flexibility index (Phi) is 5.44. The lowest BCUT2D eigenvalue weighted by Gasteiger charge is -2.39. The van der Waals surface area contributed by atoms with Crippen LogP contribution in [0.15, 0.2) is 30.8 Å². The molecule has 0 saturated heterocycles. The van der Waals surface area contributed by atoms with Crippen molar-refractivity contribution < 1.29 is 52.7 Å². The van der Waals surface area contributed by atoms with Crippen molar-refractivity contribution in [3.63, 3.8) is 0 Å². The highest BCUT2D eigenvalue weighted by Gasteiger charge is 2.87. The fourth-order valence-electron chi connectivity index (χ4n) is 1.75. The second kappa shape index (κ2) is 6.38. The van der Waals surface area contributed by atoms with Crippen LogP contribution in [0, 0.1) is 0 Å². The molecule has 0 unspecified atom stereocenters. The average molecular weight is 404 g/mol. The van der Waals surface area contributed by atoms with Gasteiger partial charge in [-0.2, -0.15) is 43.9 Å². The molecule has 0 aliphatic rings. The molecule has 0 nitrogen and oxygen atoms in total. The molecule has 0 aliphatic carbocycles. The van der Waals surface area contributed by atoms with Crippen LogP contribution in [-0.4, -0.2) is 30.1 Å². The Morgan fingerprint density at radius 2 is 1.12 bits per heavy atom. The first-order valence-electron chi connectivity index (χ1n) is 6.38. The Morgan fingerprint density at radius 3 is 1.46 bits per heavy atom. The Hall–Kier alpha value is -1.88.